The molecule has 8 nitrogen and oxygen atoms in total. The van der Waals surface area contributed by atoms with Crippen LogP contribution in [-0.4, -0.2) is 52.1 Å². The summed E-state index contributed by atoms with van der Waals surface area (Å²) in [6.07, 6.45) is 2.93. The summed E-state index contributed by atoms with van der Waals surface area (Å²) in [5.74, 6) is -0.530. The molecule has 3 N–H and O–H groups in total. The molecule has 0 heterocycles. The van der Waals surface area contributed by atoms with Gasteiger partial charge in [-0.2, -0.15) is 0 Å². The van der Waals surface area contributed by atoms with Crippen molar-refractivity contribution in [2.75, 3.05) is 6.54 Å². The average Bonchev–Trinajstić information content (AvgIpc) is 2.89. The maximum Gasteiger partial charge on any atom is 0.408 e. The van der Waals surface area contributed by atoms with E-state index in [2.05, 4.69) is 17.6 Å². The van der Waals surface area contributed by atoms with Gasteiger partial charge in [0.2, 0.25) is 11.8 Å². The fourth-order valence-electron chi connectivity index (χ4n) is 4.49. The molecule has 0 aliphatic heterocycles. The van der Waals surface area contributed by atoms with Crippen molar-refractivity contribution in [1.82, 2.24) is 15.5 Å². The second-order valence-electron chi connectivity index (χ2n) is 11.3. The number of nitrogens with zero attached hydrogens (tertiary/aromatic N) is 1. The van der Waals surface area contributed by atoms with Gasteiger partial charge in [0.05, 0.1) is 0 Å². The highest BCUT2D eigenvalue weighted by atomic mass is 16.6. The van der Waals surface area contributed by atoms with Crippen molar-refractivity contribution in [3.05, 3.63) is 65.2 Å². The molecule has 0 aliphatic carbocycles. The van der Waals surface area contributed by atoms with Crippen LogP contribution in [0.25, 0.3) is 0 Å². The van der Waals surface area contributed by atoms with Gasteiger partial charge in [0, 0.05) is 19.0 Å². The minimum absolute atomic E-state index is 0.104. The Bertz CT molecular complexity index is 1110. The van der Waals surface area contributed by atoms with Crippen LogP contribution in [-0.2, 0) is 20.7 Å². The van der Waals surface area contributed by atoms with Crippen molar-refractivity contribution in [2.24, 2.45) is 0 Å². The fraction of sp³-hybridized carbons (Fsp3) is 0.531. The van der Waals surface area contributed by atoms with E-state index in [0.29, 0.717) is 13.0 Å². The van der Waals surface area contributed by atoms with Crippen molar-refractivity contribution >= 4 is 17.9 Å². The van der Waals surface area contributed by atoms with E-state index >= 15 is 0 Å². The Kier molecular flexibility index (Phi) is 12.5. The third kappa shape index (κ3) is 9.88. The van der Waals surface area contributed by atoms with E-state index in [1.54, 1.807) is 37.8 Å². The summed E-state index contributed by atoms with van der Waals surface area (Å²) in [6.45, 7) is 13.7. The minimum Gasteiger partial charge on any atom is -0.508 e. The molecule has 0 aromatic heterocycles. The number of unbranched alkanes of at least 4 members (excludes halogenated alkanes) is 2. The number of carbonyl (C=O) groups is 3. The predicted molar refractivity (Wildman–Crippen MR) is 158 cm³/mol. The number of nitrogens with one attached hydrogen (secondary N) is 2. The highest BCUT2D eigenvalue weighted by Crippen LogP contribution is 2.29. The van der Waals surface area contributed by atoms with E-state index in [-0.39, 0.29) is 30.0 Å². The van der Waals surface area contributed by atoms with Crippen molar-refractivity contribution in [1.29, 1.82) is 0 Å². The molecule has 40 heavy (non-hydrogen) atoms. The first-order chi connectivity index (χ1) is 18.9. The number of aryl methyl sites for hydroxylation is 1. The first-order valence-electron chi connectivity index (χ1n) is 14.3. The normalized spacial score (nSPS) is 13.6. The number of alkyl carbamates (subject to hydrolysis) is 1. The summed E-state index contributed by atoms with van der Waals surface area (Å²) in [7, 11) is 0. The quantitative estimate of drug-likeness (QED) is 0.271. The van der Waals surface area contributed by atoms with Gasteiger partial charge in [0.15, 0.2) is 0 Å². The monoisotopic (exact) mass is 553 g/mol. The maximum atomic E-state index is 14.4. The molecule has 0 saturated carbocycles. The van der Waals surface area contributed by atoms with E-state index in [0.717, 1.165) is 36.0 Å². The van der Waals surface area contributed by atoms with E-state index in [4.69, 9.17) is 4.74 Å². The lowest BCUT2D eigenvalue weighted by Gasteiger charge is -2.38. The van der Waals surface area contributed by atoms with Crippen molar-refractivity contribution in [3.8, 4) is 5.75 Å². The molecule has 8 heteroatoms. The van der Waals surface area contributed by atoms with Crippen LogP contribution in [0.1, 0.15) is 90.0 Å². The van der Waals surface area contributed by atoms with E-state index in [9.17, 15) is 19.5 Å². The van der Waals surface area contributed by atoms with Crippen LogP contribution >= 0.6 is 0 Å². The summed E-state index contributed by atoms with van der Waals surface area (Å²) in [5.41, 5.74) is 1.62. The lowest BCUT2D eigenvalue weighted by molar-refractivity contribution is -0.145. The molecule has 0 spiro atoms. The smallest absolute Gasteiger partial charge is 0.408 e. The van der Waals surface area contributed by atoms with Crippen molar-refractivity contribution in [3.63, 3.8) is 0 Å². The van der Waals surface area contributed by atoms with Gasteiger partial charge in [-0.15, -0.1) is 0 Å². The van der Waals surface area contributed by atoms with Crippen molar-refractivity contribution in [2.45, 2.75) is 104 Å². The minimum atomic E-state index is -1.01. The van der Waals surface area contributed by atoms with E-state index < -0.39 is 23.8 Å². The number of ether oxygens (including phenoxy) is 1. The third-order valence-corrected chi connectivity index (χ3v) is 6.77. The zero-order valence-corrected chi connectivity index (χ0v) is 25.1. The molecule has 0 fully saturated rings. The van der Waals surface area contributed by atoms with Crippen molar-refractivity contribution < 1.29 is 24.2 Å². The molecule has 2 rings (SSSR count). The summed E-state index contributed by atoms with van der Waals surface area (Å²) < 4.78 is 5.49. The van der Waals surface area contributed by atoms with Gasteiger partial charge in [0.1, 0.15) is 23.4 Å². The number of hydrogen-bond acceptors (Lipinski definition) is 5. The molecule has 3 atom stereocenters. The molecule has 2 aromatic carbocycles. The SMILES string of the molecule is CCCCCNC(=O)C(c1ccccc1C)N(C(=O)C(Cc1ccc(O)cc1)NC(=O)OC(C)(C)C)C(C)CC. The molecule has 0 radical (unpaired) electrons. The second kappa shape index (κ2) is 15.3. The molecule has 3 unspecified atom stereocenters. The number of benzene rings is 2. The molecule has 220 valence electrons. The highest BCUT2D eigenvalue weighted by Gasteiger charge is 2.39. The Labute approximate surface area is 239 Å². The Morgan fingerprint density at radius 2 is 1.65 bits per heavy atom. The number of phenols is 1. The van der Waals surface area contributed by atoms with Gasteiger partial charge in [0.25, 0.3) is 0 Å². The maximum absolute atomic E-state index is 14.4. The van der Waals surface area contributed by atoms with Crippen LogP contribution in [0.4, 0.5) is 4.79 Å². The van der Waals surface area contributed by atoms with E-state index in [1.165, 1.54) is 12.1 Å². The van der Waals surface area contributed by atoms with Gasteiger partial charge >= 0.3 is 6.09 Å². The molecular weight excluding hydrogens is 506 g/mol. The van der Waals surface area contributed by atoms with Crippen LogP contribution in [0.2, 0.25) is 0 Å². The number of phenolic OH excluding ortho intramolecular Hbond substituents is 1. The second-order valence-corrected chi connectivity index (χ2v) is 11.3. The summed E-state index contributed by atoms with van der Waals surface area (Å²) in [6, 6.07) is 11.9. The number of rotatable bonds is 13. The average molecular weight is 554 g/mol. The lowest BCUT2D eigenvalue weighted by atomic mass is 9.95. The standard InChI is InChI=1S/C32H47N3O5/c1-8-10-13-20-33-29(37)28(26-15-12-11-14-22(26)3)35(23(4)9-2)30(38)27(34-31(39)40-32(5,6)7)21-24-16-18-25(36)19-17-24/h11-12,14-19,23,27-28,36H,8-10,13,20-21H2,1-7H3,(H,33,37)(H,34,39). The highest BCUT2D eigenvalue weighted by molar-refractivity contribution is 5.92. The molecule has 2 aromatic rings. The van der Waals surface area contributed by atoms with Gasteiger partial charge in [-0.1, -0.05) is 63.1 Å². The lowest BCUT2D eigenvalue weighted by Crippen LogP contribution is -2.56. The third-order valence-electron chi connectivity index (χ3n) is 6.77. The number of aromatic hydroxyl groups is 1. The summed E-state index contributed by atoms with van der Waals surface area (Å²) >= 11 is 0. The molecule has 0 bridgehead atoms. The van der Waals surface area contributed by atoms with Crippen LogP contribution in [0.5, 0.6) is 5.75 Å². The Hall–Kier alpha value is -3.55. The first-order valence-corrected chi connectivity index (χ1v) is 14.3. The summed E-state index contributed by atoms with van der Waals surface area (Å²) in [5, 5.41) is 15.6. The number of hydrogen-bond donors (Lipinski definition) is 3. The number of carbonyl (C=O) groups excluding carboxylic acids is 3. The topological polar surface area (TPSA) is 108 Å². The molecule has 0 aliphatic rings. The fourth-order valence-corrected chi connectivity index (χ4v) is 4.49. The predicted octanol–water partition coefficient (Wildman–Crippen LogP) is 5.81. The van der Waals surface area contributed by atoms with E-state index in [1.807, 2.05) is 45.0 Å². The van der Waals surface area contributed by atoms with Gasteiger partial charge in [-0.25, -0.2) is 4.79 Å². The Balaban J connectivity index is 2.55. The van der Waals surface area contributed by atoms with Gasteiger partial charge < -0.3 is 25.4 Å². The zero-order valence-electron chi connectivity index (χ0n) is 25.1. The Morgan fingerprint density at radius 3 is 2.23 bits per heavy atom. The zero-order chi connectivity index (χ0) is 29.9. The molecular formula is C32H47N3O5. The van der Waals surface area contributed by atoms with Crippen LogP contribution in [0.15, 0.2) is 48.5 Å². The molecule has 3 amide bonds. The largest absolute Gasteiger partial charge is 0.508 e. The number of amides is 3. The van der Waals surface area contributed by atoms with Crippen LogP contribution in [0, 0.1) is 6.92 Å². The van der Waals surface area contributed by atoms with Crippen LogP contribution in [0.3, 0.4) is 0 Å². The van der Waals surface area contributed by atoms with Gasteiger partial charge in [-0.3, -0.25) is 9.59 Å². The van der Waals surface area contributed by atoms with Gasteiger partial charge in [-0.05, 0) is 76.3 Å². The summed E-state index contributed by atoms with van der Waals surface area (Å²) in [4.78, 5) is 42.8. The molecule has 0 saturated heterocycles. The van der Waals surface area contributed by atoms with Crippen LogP contribution < -0.4 is 10.6 Å². The Morgan fingerprint density at radius 1 is 1.00 bits per heavy atom. The first kappa shape index (κ1) is 32.7.